The highest BCUT2D eigenvalue weighted by Crippen LogP contribution is 2.28. The standard InChI is InChI=1S/C18H30N2O/c1-4-12-19-17(5-2)16-10-6-7-11-18(16)20(3)14-15-9-8-13-21-15/h6-7,10-11,15,17,19H,4-5,8-9,12-14H2,1-3H3. The van der Waals surface area contributed by atoms with Gasteiger partial charge in [-0.1, -0.05) is 32.0 Å². The Morgan fingerprint density at radius 3 is 2.81 bits per heavy atom. The number of hydrogen-bond acceptors (Lipinski definition) is 3. The highest BCUT2D eigenvalue weighted by Gasteiger charge is 2.20. The zero-order valence-corrected chi connectivity index (χ0v) is 13.8. The van der Waals surface area contributed by atoms with Gasteiger partial charge in [0.05, 0.1) is 6.10 Å². The fraction of sp³-hybridized carbons (Fsp3) is 0.667. The first-order chi connectivity index (χ1) is 10.3. The molecule has 0 aromatic heterocycles. The number of rotatable bonds is 8. The quantitative estimate of drug-likeness (QED) is 0.789. The third kappa shape index (κ3) is 4.45. The van der Waals surface area contributed by atoms with Crippen LogP contribution < -0.4 is 10.2 Å². The van der Waals surface area contributed by atoms with E-state index >= 15 is 0 Å². The van der Waals surface area contributed by atoms with Crippen LogP contribution in [0.4, 0.5) is 5.69 Å². The van der Waals surface area contributed by atoms with E-state index in [-0.39, 0.29) is 0 Å². The van der Waals surface area contributed by atoms with Gasteiger partial charge in [0.1, 0.15) is 0 Å². The third-order valence-corrected chi connectivity index (χ3v) is 4.27. The minimum absolute atomic E-state index is 0.395. The van der Waals surface area contributed by atoms with Crippen molar-refractivity contribution in [1.82, 2.24) is 5.32 Å². The summed E-state index contributed by atoms with van der Waals surface area (Å²) in [6.45, 7) is 7.46. The van der Waals surface area contributed by atoms with E-state index in [1.54, 1.807) is 0 Å². The Morgan fingerprint density at radius 2 is 2.14 bits per heavy atom. The average Bonchev–Trinajstić information content (AvgIpc) is 3.01. The largest absolute Gasteiger partial charge is 0.376 e. The number of likely N-dealkylation sites (N-methyl/N-ethyl adjacent to an activating group) is 1. The molecule has 1 N–H and O–H groups in total. The molecule has 21 heavy (non-hydrogen) atoms. The molecule has 0 bridgehead atoms. The molecule has 1 saturated heterocycles. The highest BCUT2D eigenvalue weighted by molar-refractivity contribution is 5.54. The Kier molecular flexibility index (Phi) is 6.52. The predicted octanol–water partition coefficient (Wildman–Crippen LogP) is 3.75. The second-order valence-corrected chi connectivity index (χ2v) is 5.99. The van der Waals surface area contributed by atoms with Crippen LogP contribution in [0.1, 0.15) is 51.1 Å². The lowest BCUT2D eigenvalue weighted by molar-refractivity contribution is 0.116. The van der Waals surface area contributed by atoms with Gasteiger partial charge in [-0.05, 0) is 43.9 Å². The first-order valence-corrected chi connectivity index (χ1v) is 8.41. The molecule has 0 radical (unpaired) electrons. The normalized spacial score (nSPS) is 19.7. The molecule has 2 atom stereocenters. The zero-order valence-electron chi connectivity index (χ0n) is 13.8. The van der Waals surface area contributed by atoms with Crippen LogP contribution in [0, 0.1) is 0 Å². The van der Waals surface area contributed by atoms with E-state index in [0.29, 0.717) is 12.1 Å². The first-order valence-electron chi connectivity index (χ1n) is 8.41. The number of anilines is 1. The van der Waals surface area contributed by atoms with Gasteiger partial charge in [-0.2, -0.15) is 0 Å². The Bertz CT molecular complexity index is 415. The van der Waals surface area contributed by atoms with Gasteiger partial charge in [0.15, 0.2) is 0 Å². The monoisotopic (exact) mass is 290 g/mol. The van der Waals surface area contributed by atoms with Crippen molar-refractivity contribution in [2.45, 2.75) is 51.7 Å². The minimum atomic E-state index is 0.395. The van der Waals surface area contributed by atoms with Gasteiger partial charge in [0.25, 0.3) is 0 Å². The highest BCUT2D eigenvalue weighted by atomic mass is 16.5. The molecule has 1 heterocycles. The van der Waals surface area contributed by atoms with E-state index in [4.69, 9.17) is 4.74 Å². The lowest BCUT2D eigenvalue weighted by atomic mass is 10.0. The number of benzene rings is 1. The number of nitrogens with one attached hydrogen (secondary N) is 1. The van der Waals surface area contributed by atoms with Crippen LogP contribution in [0.15, 0.2) is 24.3 Å². The van der Waals surface area contributed by atoms with Crippen molar-refractivity contribution in [1.29, 1.82) is 0 Å². The Labute approximate surface area is 129 Å². The first kappa shape index (κ1) is 16.3. The molecule has 3 nitrogen and oxygen atoms in total. The van der Waals surface area contributed by atoms with Gasteiger partial charge < -0.3 is 15.0 Å². The number of ether oxygens (including phenoxy) is 1. The molecule has 2 unspecified atom stereocenters. The van der Waals surface area contributed by atoms with Crippen LogP contribution in [0.3, 0.4) is 0 Å². The maximum atomic E-state index is 5.78. The molecular formula is C18H30N2O. The second-order valence-electron chi connectivity index (χ2n) is 5.99. The number of para-hydroxylation sites is 1. The molecule has 1 aromatic rings. The Balaban J connectivity index is 2.10. The maximum absolute atomic E-state index is 5.78. The summed E-state index contributed by atoms with van der Waals surface area (Å²) >= 11 is 0. The van der Waals surface area contributed by atoms with E-state index < -0.39 is 0 Å². The topological polar surface area (TPSA) is 24.5 Å². The third-order valence-electron chi connectivity index (χ3n) is 4.27. The lowest BCUT2D eigenvalue weighted by Crippen LogP contribution is -2.31. The van der Waals surface area contributed by atoms with Crippen LogP contribution in [0.25, 0.3) is 0 Å². The summed E-state index contributed by atoms with van der Waals surface area (Å²) < 4.78 is 5.78. The van der Waals surface area contributed by atoms with Crippen molar-refractivity contribution in [3.63, 3.8) is 0 Å². The average molecular weight is 290 g/mol. The SMILES string of the molecule is CCCNC(CC)c1ccccc1N(C)CC1CCCO1. The summed E-state index contributed by atoms with van der Waals surface area (Å²) in [5.41, 5.74) is 2.75. The summed E-state index contributed by atoms with van der Waals surface area (Å²) in [7, 11) is 2.19. The van der Waals surface area contributed by atoms with Crippen molar-refractivity contribution in [2.24, 2.45) is 0 Å². The number of hydrogen-bond donors (Lipinski definition) is 1. The van der Waals surface area contributed by atoms with E-state index in [2.05, 4.69) is 55.4 Å². The van der Waals surface area contributed by atoms with Gasteiger partial charge in [-0.15, -0.1) is 0 Å². The Morgan fingerprint density at radius 1 is 1.33 bits per heavy atom. The maximum Gasteiger partial charge on any atom is 0.0750 e. The van der Waals surface area contributed by atoms with E-state index in [9.17, 15) is 0 Å². The van der Waals surface area contributed by atoms with Crippen molar-refractivity contribution < 1.29 is 4.74 Å². The van der Waals surface area contributed by atoms with Gasteiger partial charge in [0.2, 0.25) is 0 Å². The summed E-state index contributed by atoms with van der Waals surface area (Å²) in [6, 6.07) is 9.22. The molecule has 2 rings (SSSR count). The van der Waals surface area contributed by atoms with Gasteiger partial charge in [-0.25, -0.2) is 0 Å². The van der Waals surface area contributed by atoms with E-state index in [1.807, 2.05) is 0 Å². The second kappa shape index (κ2) is 8.40. The molecule has 3 heteroatoms. The molecule has 118 valence electrons. The van der Waals surface area contributed by atoms with Gasteiger partial charge in [0, 0.05) is 31.9 Å². The van der Waals surface area contributed by atoms with Crippen LogP contribution >= 0.6 is 0 Å². The van der Waals surface area contributed by atoms with Gasteiger partial charge in [-0.3, -0.25) is 0 Å². The van der Waals surface area contributed by atoms with Crippen molar-refractivity contribution in [3.05, 3.63) is 29.8 Å². The fourth-order valence-electron chi connectivity index (χ4n) is 3.11. The van der Waals surface area contributed by atoms with E-state index in [1.165, 1.54) is 30.5 Å². The van der Waals surface area contributed by atoms with Crippen molar-refractivity contribution in [3.8, 4) is 0 Å². The molecule has 0 saturated carbocycles. The summed E-state index contributed by atoms with van der Waals surface area (Å²) in [5.74, 6) is 0. The summed E-state index contributed by atoms with van der Waals surface area (Å²) in [5, 5.41) is 3.67. The smallest absolute Gasteiger partial charge is 0.0750 e. The van der Waals surface area contributed by atoms with Crippen molar-refractivity contribution in [2.75, 3.05) is 31.6 Å². The van der Waals surface area contributed by atoms with Crippen LogP contribution in [0.2, 0.25) is 0 Å². The zero-order chi connectivity index (χ0) is 15.1. The summed E-state index contributed by atoms with van der Waals surface area (Å²) in [6.07, 6.45) is 5.08. The van der Waals surface area contributed by atoms with E-state index in [0.717, 1.165) is 26.1 Å². The van der Waals surface area contributed by atoms with Crippen LogP contribution in [-0.4, -0.2) is 32.8 Å². The fourth-order valence-corrected chi connectivity index (χ4v) is 3.11. The molecule has 1 aliphatic rings. The predicted molar refractivity (Wildman–Crippen MR) is 90.0 cm³/mol. The van der Waals surface area contributed by atoms with Crippen molar-refractivity contribution >= 4 is 5.69 Å². The Hall–Kier alpha value is -1.06. The molecule has 0 spiro atoms. The van der Waals surface area contributed by atoms with Crippen LogP contribution in [-0.2, 0) is 4.74 Å². The molecule has 1 aliphatic heterocycles. The van der Waals surface area contributed by atoms with Gasteiger partial charge >= 0.3 is 0 Å². The minimum Gasteiger partial charge on any atom is -0.376 e. The molecule has 0 amide bonds. The lowest BCUT2D eigenvalue weighted by Gasteiger charge is -2.28. The molecule has 1 aromatic carbocycles. The number of nitrogens with zero attached hydrogens (tertiary/aromatic N) is 1. The molecule has 0 aliphatic carbocycles. The summed E-state index contributed by atoms with van der Waals surface area (Å²) in [4.78, 5) is 2.36. The van der Waals surface area contributed by atoms with Crippen LogP contribution in [0.5, 0.6) is 0 Å². The molecular weight excluding hydrogens is 260 g/mol. The molecule has 1 fully saturated rings.